The van der Waals surface area contributed by atoms with Crippen LogP contribution in [0.2, 0.25) is 5.02 Å². The smallest absolute Gasteiger partial charge is 0.120 e. The maximum Gasteiger partial charge on any atom is 0.120 e. The Morgan fingerprint density at radius 1 is 1.64 bits per heavy atom. The van der Waals surface area contributed by atoms with Crippen LogP contribution in [0.5, 0.6) is 0 Å². The molecule has 0 bridgehead atoms. The number of ether oxygens (including phenoxy) is 1. The molecule has 0 aromatic heterocycles. The van der Waals surface area contributed by atoms with Gasteiger partial charge in [0.2, 0.25) is 0 Å². The first-order chi connectivity index (χ1) is 6.69. The molecule has 0 fully saturated rings. The van der Waals surface area contributed by atoms with Crippen molar-refractivity contribution in [2.24, 2.45) is 0 Å². The Hall–Kier alpha value is -1.46. The normalized spacial score (nSPS) is 9.21. The second-order valence-electron chi connectivity index (χ2n) is 2.66. The van der Waals surface area contributed by atoms with Gasteiger partial charge in [0.25, 0.3) is 0 Å². The number of hydrogen-bond acceptors (Lipinski definition) is 2. The molecular weight excluding hydrogens is 198 g/mol. The number of nitriles is 1. The fourth-order valence-corrected chi connectivity index (χ4v) is 1.27. The van der Waals surface area contributed by atoms with Gasteiger partial charge in [0.15, 0.2) is 0 Å². The van der Waals surface area contributed by atoms with Gasteiger partial charge in [-0.3, -0.25) is 0 Å². The van der Waals surface area contributed by atoms with E-state index >= 15 is 0 Å². The Bertz CT molecular complexity index is 393. The van der Waals surface area contributed by atoms with Gasteiger partial charge in [-0.15, -0.1) is 0 Å². The lowest BCUT2D eigenvalue weighted by Crippen LogP contribution is -1.93. The third-order valence-electron chi connectivity index (χ3n) is 1.72. The van der Waals surface area contributed by atoms with Crippen molar-refractivity contribution in [1.29, 1.82) is 5.26 Å². The van der Waals surface area contributed by atoms with E-state index in [0.29, 0.717) is 28.5 Å². The van der Waals surface area contributed by atoms with Crippen LogP contribution in [-0.4, -0.2) is 6.61 Å². The van der Waals surface area contributed by atoms with Crippen LogP contribution in [-0.2, 0) is 4.74 Å². The van der Waals surface area contributed by atoms with Crippen LogP contribution in [0.4, 0.5) is 0 Å². The van der Waals surface area contributed by atoms with Gasteiger partial charge in [0.1, 0.15) is 5.76 Å². The monoisotopic (exact) mass is 207 g/mol. The number of nitrogens with zero attached hydrogens (tertiary/aromatic N) is 1. The van der Waals surface area contributed by atoms with E-state index in [1.54, 1.807) is 18.2 Å². The molecule has 0 heterocycles. The van der Waals surface area contributed by atoms with Gasteiger partial charge >= 0.3 is 0 Å². The van der Waals surface area contributed by atoms with Crippen molar-refractivity contribution in [2.75, 3.05) is 6.61 Å². The summed E-state index contributed by atoms with van der Waals surface area (Å²) in [6.45, 7) is 6.12. The quantitative estimate of drug-likeness (QED) is 0.713. The summed E-state index contributed by atoms with van der Waals surface area (Å²) in [7, 11) is 0. The lowest BCUT2D eigenvalue weighted by atomic mass is 10.1. The van der Waals surface area contributed by atoms with E-state index < -0.39 is 0 Å². The first-order valence-corrected chi connectivity index (χ1v) is 4.58. The molecule has 0 amide bonds. The largest absolute Gasteiger partial charge is 0.494 e. The van der Waals surface area contributed by atoms with E-state index in [9.17, 15) is 0 Å². The van der Waals surface area contributed by atoms with E-state index in [1.807, 2.05) is 6.92 Å². The van der Waals surface area contributed by atoms with E-state index in [4.69, 9.17) is 21.6 Å². The summed E-state index contributed by atoms with van der Waals surface area (Å²) in [5.74, 6) is 0.478. The lowest BCUT2D eigenvalue weighted by Gasteiger charge is -2.08. The van der Waals surface area contributed by atoms with Crippen LogP contribution in [0, 0.1) is 11.3 Å². The topological polar surface area (TPSA) is 33.0 Å². The highest BCUT2D eigenvalue weighted by Crippen LogP contribution is 2.22. The molecule has 0 aliphatic rings. The molecule has 0 saturated heterocycles. The highest BCUT2D eigenvalue weighted by atomic mass is 35.5. The van der Waals surface area contributed by atoms with Crippen LogP contribution in [0.1, 0.15) is 18.1 Å². The Labute approximate surface area is 88.4 Å². The molecule has 2 nitrogen and oxygen atoms in total. The Balaban J connectivity index is 3.12. The van der Waals surface area contributed by atoms with Crippen LogP contribution >= 0.6 is 11.6 Å². The minimum absolute atomic E-state index is 0.478. The second-order valence-corrected chi connectivity index (χ2v) is 3.09. The van der Waals surface area contributed by atoms with Gasteiger partial charge in [0.05, 0.1) is 18.2 Å². The maximum absolute atomic E-state index is 8.84. The highest BCUT2D eigenvalue weighted by molar-refractivity contribution is 6.30. The molecule has 0 saturated carbocycles. The van der Waals surface area contributed by atoms with Crippen molar-refractivity contribution >= 4 is 17.4 Å². The van der Waals surface area contributed by atoms with Gasteiger partial charge in [-0.05, 0) is 25.1 Å². The van der Waals surface area contributed by atoms with Gasteiger partial charge < -0.3 is 4.74 Å². The lowest BCUT2D eigenvalue weighted by molar-refractivity contribution is 0.299. The third-order valence-corrected chi connectivity index (χ3v) is 1.96. The van der Waals surface area contributed by atoms with Crippen molar-refractivity contribution in [3.05, 3.63) is 40.9 Å². The molecule has 0 spiro atoms. The fourth-order valence-electron chi connectivity index (χ4n) is 1.10. The predicted octanol–water partition coefficient (Wildman–Crippen LogP) is 3.22. The molecule has 1 rings (SSSR count). The van der Waals surface area contributed by atoms with Crippen LogP contribution < -0.4 is 0 Å². The molecule has 0 unspecified atom stereocenters. The zero-order chi connectivity index (χ0) is 10.6. The molecule has 72 valence electrons. The molecule has 3 heteroatoms. The molecule has 0 radical (unpaired) electrons. The zero-order valence-electron chi connectivity index (χ0n) is 7.88. The van der Waals surface area contributed by atoms with Crippen LogP contribution in [0.3, 0.4) is 0 Å². The summed E-state index contributed by atoms with van der Waals surface area (Å²) in [4.78, 5) is 0. The van der Waals surface area contributed by atoms with E-state index in [2.05, 4.69) is 12.6 Å². The molecule has 0 aliphatic heterocycles. The Morgan fingerprint density at radius 3 is 2.93 bits per heavy atom. The van der Waals surface area contributed by atoms with Crippen molar-refractivity contribution in [3.8, 4) is 6.07 Å². The molecule has 1 aromatic carbocycles. The molecule has 1 aromatic rings. The first-order valence-electron chi connectivity index (χ1n) is 4.20. The van der Waals surface area contributed by atoms with Gasteiger partial charge in [-0.25, -0.2) is 0 Å². The zero-order valence-corrected chi connectivity index (χ0v) is 8.64. The standard InChI is InChI=1S/C11H10ClNO/c1-3-14-8(2)11-6-10(12)5-4-9(11)7-13/h4-6H,2-3H2,1H3. The SMILES string of the molecule is C=C(OCC)c1cc(Cl)ccc1C#N. The maximum atomic E-state index is 8.84. The fraction of sp³-hybridized carbons (Fsp3) is 0.182. The Morgan fingerprint density at radius 2 is 2.36 bits per heavy atom. The summed E-state index contributed by atoms with van der Waals surface area (Å²) >= 11 is 5.81. The molecule has 14 heavy (non-hydrogen) atoms. The molecule has 0 atom stereocenters. The van der Waals surface area contributed by atoms with E-state index in [1.165, 1.54) is 0 Å². The number of hydrogen-bond donors (Lipinski definition) is 0. The first kappa shape index (κ1) is 10.6. The second kappa shape index (κ2) is 4.69. The third kappa shape index (κ3) is 2.27. The Kier molecular flexibility index (Phi) is 3.55. The van der Waals surface area contributed by atoms with Crippen molar-refractivity contribution in [1.82, 2.24) is 0 Å². The summed E-state index contributed by atoms with van der Waals surface area (Å²) in [6.07, 6.45) is 0. The molecule has 0 aliphatic carbocycles. The van der Waals surface area contributed by atoms with Gasteiger partial charge in [-0.2, -0.15) is 5.26 Å². The van der Waals surface area contributed by atoms with E-state index in [0.717, 1.165) is 0 Å². The predicted molar refractivity (Wildman–Crippen MR) is 56.8 cm³/mol. The summed E-state index contributed by atoms with van der Waals surface area (Å²) < 4.78 is 5.22. The average molecular weight is 208 g/mol. The summed E-state index contributed by atoms with van der Waals surface area (Å²) in [6, 6.07) is 7.07. The van der Waals surface area contributed by atoms with Crippen molar-refractivity contribution in [2.45, 2.75) is 6.92 Å². The summed E-state index contributed by atoms with van der Waals surface area (Å²) in [5.41, 5.74) is 1.18. The van der Waals surface area contributed by atoms with Crippen LogP contribution in [0.15, 0.2) is 24.8 Å². The number of rotatable bonds is 3. The average Bonchev–Trinajstić information content (AvgIpc) is 2.18. The van der Waals surface area contributed by atoms with E-state index in [-0.39, 0.29) is 0 Å². The van der Waals surface area contributed by atoms with Crippen molar-refractivity contribution < 1.29 is 4.74 Å². The number of halogens is 1. The minimum Gasteiger partial charge on any atom is -0.494 e. The summed E-state index contributed by atoms with van der Waals surface area (Å²) in [5, 5.41) is 9.41. The molecular formula is C11H10ClNO. The highest BCUT2D eigenvalue weighted by Gasteiger charge is 2.06. The van der Waals surface area contributed by atoms with Gasteiger partial charge in [0, 0.05) is 10.6 Å². The molecule has 0 N–H and O–H groups in total. The number of benzene rings is 1. The van der Waals surface area contributed by atoms with Crippen LogP contribution in [0.25, 0.3) is 5.76 Å². The minimum atomic E-state index is 0.478. The van der Waals surface area contributed by atoms with Gasteiger partial charge in [-0.1, -0.05) is 18.2 Å². The van der Waals surface area contributed by atoms with Crippen molar-refractivity contribution in [3.63, 3.8) is 0 Å².